The minimum Gasteiger partial charge on any atom is -0.397 e. The molecule has 6 nitrogen and oxygen atoms in total. The van der Waals surface area contributed by atoms with Gasteiger partial charge in [0.05, 0.1) is 5.69 Å². The quantitative estimate of drug-likeness (QED) is 0.694. The lowest BCUT2D eigenvalue weighted by Crippen LogP contribution is -2.40. The molecule has 1 saturated heterocycles. The number of fused-ring (bicyclic) bond motifs is 3. The predicted molar refractivity (Wildman–Crippen MR) is 113 cm³/mol. The van der Waals surface area contributed by atoms with Crippen molar-refractivity contribution in [3.05, 3.63) is 16.0 Å². The second kappa shape index (κ2) is 8.17. The fourth-order valence-electron chi connectivity index (χ4n) is 3.95. The average molecular weight is 418 g/mol. The summed E-state index contributed by atoms with van der Waals surface area (Å²) in [6.07, 6.45) is 6.33. The Morgan fingerprint density at radius 3 is 2.35 bits per heavy atom. The van der Waals surface area contributed by atoms with Crippen molar-refractivity contribution in [2.24, 2.45) is 11.5 Å². The molecule has 2 aliphatic rings. The molecule has 0 saturated carbocycles. The summed E-state index contributed by atoms with van der Waals surface area (Å²) in [6, 6.07) is 0.291. The number of carbonyl (C=O) groups is 1. The summed E-state index contributed by atoms with van der Waals surface area (Å²) < 4.78 is 0. The number of nitrogens with zero attached hydrogens (tertiary/aromatic N) is 2. The number of nitrogens with two attached hydrogens (primary N) is 3. The highest BCUT2D eigenvalue weighted by Gasteiger charge is 2.27. The van der Waals surface area contributed by atoms with Gasteiger partial charge in [-0.2, -0.15) is 0 Å². The lowest BCUT2D eigenvalue weighted by atomic mass is 9.89. The number of aromatic nitrogens is 1. The van der Waals surface area contributed by atoms with Gasteiger partial charge in [-0.15, -0.1) is 36.2 Å². The van der Waals surface area contributed by atoms with Crippen molar-refractivity contribution in [3.8, 4) is 0 Å². The zero-order valence-corrected chi connectivity index (χ0v) is 16.9. The number of nitrogen functional groups attached to an aromatic ring is 1. The van der Waals surface area contributed by atoms with Crippen LogP contribution in [-0.2, 0) is 12.8 Å². The van der Waals surface area contributed by atoms with E-state index < -0.39 is 5.91 Å². The van der Waals surface area contributed by atoms with Gasteiger partial charge in [0.2, 0.25) is 0 Å². The third-order valence-electron chi connectivity index (χ3n) is 5.24. The molecule has 1 fully saturated rings. The van der Waals surface area contributed by atoms with Crippen LogP contribution in [0, 0.1) is 0 Å². The van der Waals surface area contributed by atoms with Crippen LogP contribution in [0.25, 0.3) is 10.2 Å². The molecule has 2 aromatic heterocycles. The molecule has 4 rings (SSSR count). The van der Waals surface area contributed by atoms with Gasteiger partial charge in [0.1, 0.15) is 15.5 Å². The standard InChI is InChI=1S/C17H23N5OS.2ClH/c18-9-5-7-22(8-6-9)16-11-4-2-1-3-10(11)12-13(19)14(15(20)23)24-17(12)21-16;;/h9H,1-8,18-19H2,(H2,20,23);2*1H. The van der Waals surface area contributed by atoms with Crippen molar-refractivity contribution in [2.75, 3.05) is 23.7 Å². The smallest absolute Gasteiger partial charge is 0.260 e. The molecule has 0 aromatic carbocycles. The number of thiophene rings is 1. The number of piperidine rings is 1. The Balaban J connectivity index is 0.00000121. The van der Waals surface area contributed by atoms with Crippen molar-refractivity contribution in [2.45, 2.75) is 44.6 Å². The molecule has 26 heavy (non-hydrogen) atoms. The average Bonchev–Trinajstić information content (AvgIpc) is 2.92. The van der Waals surface area contributed by atoms with E-state index in [1.807, 2.05) is 0 Å². The zero-order valence-electron chi connectivity index (χ0n) is 14.5. The van der Waals surface area contributed by atoms with Gasteiger partial charge in [-0.1, -0.05) is 0 Å². The van der Waals surface area contributed by atoms with Crippen molar-refractivity contribution in [1.29, 1.82) is 0 Å². The Bertz CT molecular complexity index is 817. The van der Waals surface area contributed by atoms with Gasteiger partial charge in [0.25, 0.3) is 5.91 Å². The molecule has 9 heteroatoms. The summed E-state index contributed by atoms with van der Waals surface area (Å²) >= 11 is 1.32. The highest BCUT2D eigenvalue weighted by atomic mass is 35.5. The molecule has 0 atom stereocenters. The van der Waals surface area contributed by atoms with Crippen LogP contribution in [0.5, 0.6) is 0 Å². The number of amides is 1. The summed E-state index contributed by atoms with van der Waals surface area (Å²) in [5.74, 6) is 0.604. The molecule has 144 valence electrons. The van der Waals surface area contributed by atoms with Crippen LogP contribution in [-0.4, -0.2) is 30.0 Å². The van der Waals surface area contributed by atoms with Crippen LogP contribution >= 0.6 is 36.2 Å². The van der Waals surface area contributed by atoms with E-state index in [0.717, 1.165) is 61.2 Å². The second-order valence-electron chi connectivity index (χ2n) is 6.81. The number of anilines is 2. The van der Waals surface area contributed by atoms with E-state index in [1.54, 1.807) is 0 Å². The first-order chi connectivity index (χ1) is 11.6. The van der Waals surface area contributed by atoms with Gasteiger partial charge in [-0.25, -0.2) is 4.98 Å². The van der Waals surface area contributed by atoms with Crippen LogP contribution in [0.1, 0.15) is 46.5 Å². The third kappa shape index (κ3) is 3.45. The summed E-state index contributed by atoms with van der Waals surface area (Å²) in [5.41, 5.74) is 20.9. The number of pyridine rings is 1. The van der Waals surface area contributed by atoms with E-state index in [4.69, 9.17) is 22.2 Å². The normalized spacial score (nSPS) is 17.3. The van der Waals surface area contributed by atoms with Gasteiger partial charge in [-0.05, 0) is 49.7 Å². The molecule has 0 bridgehead atoms. The highest BCUT2D eigenvalue weighted by molar-refractivity contribution is 7.21. The molecule has 3 heterocycles. The maximum atomic E-state index is 11.7. The second-order valence-corrected chi connectivity index (χ2v) is 7.81. The summed E-state index contributed by atoms with van der Waals surface area (Å²) in [6.45, 7) is 1.88. The fourth-order valence-corrected chi connectivity index (χ4v) is 4.92. The number of aryl methyl sites for hydroxylation is 1. The van der Waals surface area contributed by atoms with Crippen molar-refractivity contribution in [3.63, 3.8) is 0 Å². The van der Waals surface area contributed by atoms with Crippen LogP contribution in [0.3, 0.4) is 0 Å². The minimum atomic E-state index is -0.467. The number of hydrogen-bond donors (Lipinski definition) is 3. The monoisotopic (exact) mass is 417 g/mol. The van der Waals surface area contributed by atoms with Crippen LogP contribution < -0.4 is 22.1 Å². The molecule has 0 unspecified atom stereocenters. The fraction of sp³-hybridized carbons (Fsp3) is 0.529. The van der Waals surface area contributed by atoms with E-state index >= 15 is 0 Å². The lowest BCUT2D eigenvalue weighted by Gasteiger charge is -2.34. The molecule has 1 amide bonds. The SMILES string of the molecule is Cl.Cl.NC(=O)c1sc2nc(N3CCC(N)CC3)c3c(c2c1N)CCCC3. The van der Waals surface area contributed by atoms with E-state index in [0.29, 0.717) is 16.6 Å². The minimum absolute atomic E-state index is 0. The number of primary amides is 1. The first-order valence-corrected chi connectivity index (χ1v) is 9.42. The topological polar surface area (TPSA) is 111 Å². The van der Waals surface area contributed by atoms with Gasteiger partial charge in [0.15, 0.2) is 0 Å². The molecule has 0 radical (unpaired) electrons. The van der Waals surface area contributed by atoms with Crippen molar-refractivity contribution in [1.82, 2.24) is 4.98 Å². The third-order valence-corrected chi connectivity index (χ3v) is 6.35. The van der Waals surface area contributed by atoms with Crippen LogP contribution in [0.4, 0.5) is 11.5 Å². The molecular weight excluding hydrogens is 393 g/mol. The van der Waals surface area contributed by atoms with Gasteiger partial charge >= 0.3 is 0 Å². The van der Waals surface area contributed by atoms with E-state index in [1.165, 1.54) is 28.9 Å². The maximum absolute atomic E-state index is 11.7. The number of rotatable bonds is 2. The number of halogens is 2. The van der Waals surface area contributed by atoms with Gasteiger partial charge < -0.3 is 22.1 Å². The predicted octanol–water partition coefficient (Wildman–Crippen LogP) is 2.63. The molecular formula is C17H25Cl2N5OS. The summed E-state index contributed by atoms with van der Waals surface area (Å²) in [4.78, 5) is 20.2. The molecule has 2 aromatic rings. The molecule has 1 aliphatic carbocycles. The van der Waals surface area contributed by atoms with E-state index in [2.05, 4.69) is 4.90 Å². The van der Waals surface area contributed by atoms with Crippen LogP contribution in [0.2, 0.25) is 0 Å². The van der Waals surface area contributed by atoms with E-state index in [9.17, 15) is 4.79 Å². The largest absolute Gasteiger partial charge is 0.397 e. The molecule has 0 spiro atoms. The van der Waals surface area contributed by atoms with Crippen molar-refractivity contribution < 1.29 is 4.79 Å². The van der Waals surface area contributed by atoms with Crippen molar-refractivity contribution >= 4 is 63.8 Å². The van der Waals surface area contributed by atoms with Gasteiger partial charge in [-0.3, -0.25) is 4.79 Å². The zero-order chi connectivity index (χ0) is 16.8. The Labute approximate surface area is 169 Å². The highest BCUT2D eigenvalue weighted by Crippen LogP contribution is 2.42. The number of hydrogen-bond acceptors (Lipinski definition) is 6. The summed E-state index contributed by atoms with van der Waals surface area (Å²) in [7, 11) is 0. The summed E-state index contributed by atoms with van der Waals surface area (Å²) in [5, 5.41) is 0.959. The van der Waals surface area contributed by atoms with E-state index in [-0.39, 0.29) is 24.8 Å². The van der Waals surface area contributed by atoms with Gasteiger partial charge in [0, 0.05) is 24.5 Å². The molecule has 6 N–H and O–H groups in total. The maximum Gasteiger partial charge on any atom is 0.260 e. The lowest BCUT2D eigenvalue weighted by molar-refractivity contribution is 0.100. The Morgan fingerprint density at radius 1 is 1.12 bits per heavy atom. The Morgan fingerprint density at radius 2 is 1.73 bits per heavy atom. The number of carbonyl (C=O) groups excluding carboxylic acids is 1. The first-order valence-electron chi connectivity index (χ1n) is 8.60. The molecule has 1 aliphatic heterocycles. The van der Waals surface area contributed by atoms with Crippen LogP contribution in [0.15, 0.2) is 0 Å². The Hall–Kier alpha value is -1.28. The first kappa shape index (κ1) is 21.0. The Kier molecular flexibility index (Phi) is 6.60.